The van der Waals surface area contributed by atoms with Crippen LogP contribution in [0.3, 0.4) is 0 Å². The van der Waals surface area contributed by atoms with Crippen molar-refractivity contribution >= 4 is 56.7 Å². The van der Waals surface area contributed by atoms with Crippen LogP contribution in [-0.2, 0) is 0 Å². The number of allylic oxidation sites excluding steroid dienone is 1. The van der Waals surface area contributed by atoms with Gasteiger partial charge >= 0.3 is 0 Å². The van der Waals surface area contributed by atoms with Gasteiger partial charge in [-0.25, -0.2) is 0 Å². The third kappa shape index (κ3) is 2.55. The van der Waals surface area contributed by atoms with Crippen molar-refractivity contribution in [2.75, 3.05) is 0 Å². The molecule has 0 unspecified atom stereocenters. The number of benzene rings is 1. The van der Waals surface area contributed by atoms with Gasteiger partial charge in [0, 0.05) is 10.4 Å². The highest BCUT2D eigenvalue weighted by Gasteiger charge is 2.14. The number of halogens is 3. The molecule has 0 radical (unpaired) electrons. The minimum Gasteiger partial charge on any atom is -0.192 e. The Morgan fingerprint density at radius 2 is 1.94 bits per heavy atom. The predicted octanol–water partition coefficient (Wildman–Crippen LogP) is 5.69. The molecule has 1 heterocycles. The minimum absolute atomic E-state index is 0.312. The summed E-state index contributed by atoms with van der Waals surface area (Å²) in [5.74, 6) is 0. The van der Waals surface area contributed by atoms with E-state index in [9.17, 15) is 5.26 Å². The zero-order valence-electron chi connectivity index (χ0n) is 8.95. The van der Waals surface area contributed by atoms with Crippen LogP contribution in [0.5, 0.6) is 0 Å². The number of rotatable bonds is 2. The normalized spacial score (nSPS) is 11.9. The van der Waals surface area contributed by atoms with Gasteiger partial charge in [-0.3, -0.25) is 0 Å². The van der Waals surface area contributed by atoms with Crippen LogP contribution in [0.2, 0.25) is 10.0 Å². The summed E-state index contributed by atoms with van der Waals surface area (Å²) < 4.78 is 0. The molecule has 0 amide bonds. The molecular weight excluding hydrogens is 309 g/mol. The van der Waals surface area contributed by atoms with Gasteiger partial charge in [0.05, 0.1) is 20.7 Å². The van der Waals surface area contributed by atoms with E-state index < -0.39 is 0 Å². The molecule has 1 aromatic heterocycles. The maximum Gasteiger partial charge on any atom is 0.102 e. The van der Waals surface area contributed by atoms with Gasteiger partial charge in [-0.05, 0) is 17.5 Å². The lowest BCUT2D eigenvalue weighted by atomic mass is 10.1. The molecule has 0 aliphatic carbocycles. The first-order valence-electron chi connectivity index (χ1n) is 4.93. The highest BCUT2D eigenvalue weighted by Crippen LogP contribution is 2.37. The fourth-order valence-corrected chi connectivity index (χ4v) is 2.97. The lowest BCUT2D eigenvalue weighted by Gasteiger charge is -2.06. The van der Waals surface area contributed by atoms with Crippen LogP contribution >= 0.6 is 46.1 Å². The van der Waals surface area contributed by atoms with Crippen molar-refractivity contribution in [3.8, 4) is 6.07 Å². The van der Waals surface area contributed by atoms with Gasteiger partial charge < -0.3 is 0 Å². The standard InChI is InChI=1S/C13H6Cl3NS/c14-10-4-1-3-8(13(10)16)12(15)9(7-17)11-5-2-6-18-11/h1-6H. The van der Waals surface area contributed by atoms with Gasteiger partial charge in [0.1, 0.15) is 6.07 Å². The molecule has 1 aromatic carbocycles. The van der Waals surface area contributed by atoms with Crippen molar-refractivity contribution in [3.63, 3.8) is 0 Å². The Morgan fingerprint density at radius 3 is 2.56 bits per heavy atom. The molecule has 5 heteroatoms. The Bertz CT molecular complexity index is 639. The molecule has 0 N–H and O–H groups in total. The molecule has 2 rings (SSSR count). The number of hydrogen-bond donors (Lipinski definition) is 0. The lowest BCUT2D eigenvalue weighted by molar-refractivity contribution is 1.54. The summed E-state index contributed by atoms with van der Waals surface area (Å²) in [4.78, 5) is 0.804. The van der Waals surface area contributed by atoms with Crippen LogP contribution in [-0.4, -0.2) is 0 Å². The summed E-state index contributed by atoms with van der Waals surface area (Å²) in [6, 6.07) is 11.0. The second-order valence-corrected chi connectivity index (χ2v) is 5.49. The molecule has 0 fully saturated rings. The molecule has 90 valence electrons. The fourth-order valence-electron chi connectivity index (χ4n) is 1.44. The second kappa shape index (κ2) is 5.77. The minimum atomic E-state index is 0.312. The first-order valence-corrected chi connectivity index (χ1v) is 6.94. The number of hydrogen-bond acceptors (Lipinski definition) is 2. The van der Waals surface area contributed by atoms with E-state index >= 15 is 0 Å². The smallest absolute Gasteiger partial charge is 0.102 e. The third-order valence-corrected chi connectivity index (χ3v) is 4.39. The predicted molar refractivity (Wildman–Crippen MR) is 79.1 cm³/mol. The van der Waals surface area contributed by atoms with Crippen LogP contribution < -0.4 is 0 Å². The monoisotopic (exact) mass is 313 g/mol. The van der Waals surface area contributed by atoms with E-state index in [0.717, 1.165) is 4.88 Å². The van der Waals surface area contributed by atoms with E-state index in [-0.39, 0.29) is 0 Å². The maximum atomic E-state index is 9.23. The molecule has 0 atom stereocenters. The Kier molecular flexibility index (Phi) is 4.31. The Balaban J connectivity index is 2.62. The van der Waals surface area contributed by atoms with Crippen LogP contribution in [0.15, 0.2) is 35.7 Å². The van der Waals surface area contributed by atoms with E-state index in [1.165, 1.54) is 11.3 Å². The Hall–Kier alpha value is -0.980. The van der Waals surface area contributed by atoms with Crippen molar-refractivity contribution in [2.45, 2.75) is 0 Å². The molecule has 2 aromatic rings. The number of nitrogens with zero attached hydrogens (tertiary/aromatic N) is 1. The second-order valence-electron chi connectivity index (χ2n) is 3.38. The highest BCUT2D eigenvalue weighted by atomic mass is 35.5. The molecule has 0 saturated carbocycles. The van der Waals surface area contributed by atoms with Gasteiger partial charge in [0.2, 0.25) is 0 Å². The Labute approximate surface area is 124 Å². The summed E-state index contributed by atoms with van der Waals surface area (Å²) in [7, 11) is 0. The molecule has 0 bridgehead atoms. The molecule has 0 aliphatic heterocycles. The van der Waals surface area contributed by atoms with E-state index in [0.29, 0.717) is 26.2 Å². The van der Waals surface area contributed by atoms with Crippen molar-refractivity contribution in [1.82, 2.24) is 0 Å². The molecule has 0 aliphatic rings. The first kappa shape index (κ1) is 13.5. The summed E-state index contributed by atoms with van der Waals surface area (Å²) in [5, 5.41) is 12.2. The number of nitriles is 1. The van der Waals surface area contributed by atoms with Gasteiger partial charge in [-0.1, -0.05) is 53.0 Å². The molecule has 0 spiro atoms. The first-order chi connectivity index (χ1) is 8.65. The fraction of sp³-hybridized carbons (Fsp3) is 0. The third-order valence-electron chi connectivity index (χ3n) is 2.29. The van der Waals surface area contributed by atoms with Crippen molar-refractivity contribution in [3.05, 3.63) is 56.2 Å². The van der Waals surface area contributed by atoms with Crippen molar-refractivity contribution in [2.24, 2.45) is 0 Å². The van der Waals surface area contributed by atoms with Crippen molar-refractivity contribution in [1.29, 1.82) is 5.26 Å². The van der Waals surface area contributed by atoms with Crippen LogP contribution in [0.4, 0.5) is 0 Å². The van der Waals surface area contributed by atoms with E-state index in [4.69, 9.17) is 34.8 Å². The van der Waals surface area contributed by atoms with Crippen molar-refractivity contribution < 1.29 is 0 Å². The Morgan fingerprint density at radius 1 is 1.17 bits per heavy atom. The molecule has 18 heavy (non-hydrogen) atoms. The zero-order chi connectivity index (χ0) is 13.1. The summed E-state index contributed by atoms with van der Waals surface area (Å²) in [6.45, 7) is 0. The van der Waals surface area contributed by atoms with E-state index in [1.54, 1.807) is 18.2 Å². The summed E-state index contributed by atoms with van der Waals surface area (Å²) in [5.41, 5.74) is 0.964. The molecular formula is C13H6Cl3NS. The van der Waals surface area contributed by atoms with Crippen LogP contribution in [0.25, 0.3) is 10.6 Å². The largest absolute Gasteiger partial charge is 0.192 e. The highest BCUT2D eigenvalue weighted by molar-refractivity contribution is 7.11. The van der Waals surface area contributed by atoms with E-state index in [2.05, 4.69) is 6.07 Å². The summed E-state index contributed by atoms with van der Waals surface area (Å²) >= 11 is 19.7. The average molecular weight is 315 g/mol. The van der Waals surface area contributed by atoms with Gasteiger partial charge in [0.15, 0.2) is 0 Å². The van der Waals surface area contributed by atoms with Crippen LogP contribution in [0, 0.1) is 11.3 Å². The van der Waals surface area contributed by atoms with Gasteiger partial charge in [0.25, 0.3) is 0 Å². The van der Waals surface area contributed by atoms with E-state index in [1.807, 2.05) is 17.5 Å². The van der Waals surface area contributed by atoms with Crippen LogP contribution in [0.1, 0.15) is 10.4 Å². The van der Waals surface area contributed by atoms with Gasteiger partial charge in [-0.2, -0.15) is 5.26 Å². The topological polar surface area (TPSA) is 23.8 Å². The summed E-state index contributed by atoms with van der Waals surface area (Å²) in [6.07, 6.45) is 0. The zero-order valence-corrected chi connectivity index (χ0v) is 12.0. The lowest BCUT2D eigenvalue weighted by Crippen LogP contribution is -1.85. The molecule has 1 nitrogen and oxygen atoms in total. The average Bonchev–Trinajstić information content (AvgIpc) is 2.87. The molecule has 0 saturated heterocycles. The van der Waals surface area contributed by atoms with Gasteiger partial charge in [-0.15, -0.1) is 11.3 Å². The number of thiophene rings is 1. The SMILES string of the molecule is N#CC(=C(Cl)c1cccc(Cl)c1Cl)c1cccs1. The maximum absolute atomic E-state index is 9.23. The quantitative estimate of drug-likeness (QED) is 0.654.